The van der Waals surface area contributed by atoms with E-state index in [-0.39, 0.29) is 0 Å². The topological polar surface area (TPSA) is 27.7 Å². The van der Waals surface area contributed by atoms with E-state index in [0.717, 1.165) is 5.57 Å². The summed E-state index contributed by atoms with van der Waals surface area (Å²) in [5.41, 5.74) is 0.932. The van der Waals surface area contributed by atoms with Crippen LogP contribution in [0.4, 0.5) is 0 Å². The van der Waals surface area contributed by atoms with Gasteiger partial charge in [-0.15, -0.1) is 0 Å². The molecular formula is C17H16O3. The minimum absolute atomic E-state index is 0.436. The Hall–Kier alpha value is -2.68. The van der Waals surface area contributed by atoms with Gasteiger partial charge >= 0.3 is 0 Å². The van der Waals surface area contributed by atoms with Gasteiger partial charge in [-0.3, -0.25) is 0 Å². The summed E-state index contributed by atoms with van der Waals surface area (Å²) < 4.78 is 15.9. The Morgan fingerprint density at radius 3 is 2.40 bits per heavy atom. The maximum absolute atomic E-state index is 5.60. The zero-order valence-electron chi connectivity index (χ0n) is 11.0. The van der Waals surface area contributed by atoms with E-state index in [1.807, 2.05) is 60.8 Å². The number of allylic oxidation sites excluding steroid dienone is 9. The van der Waals surface area contributed by atoms with Crippen LogP contribution in [0.3, 0.4) is 0 Å². The van der Waals surface area contributed by atoms with Crippen molar-refractivity contribution in [3.63, 3.8) is 0 Å². The van der Waals surface area contributed by atoms with Gasteiger partial charge in [0, 0.05) is 5.57 Å². The summed E-state index contributed by atoms with van der Waals surface area (Å²) in [6, 6.07) is 0. The van der Waals surface area contributed by atoms with E-state index < -0.39 is 0 Å². The average molecular weight is 268 g/mol. The predicted molar refractivity (Wildman–Crippen MR) is 79.1 cm³/mol. The highest BCUT2D eigenvalue weighted by molar-refractivity contribution is 5.40. The number of fused-ring (bicyclic) bond motifs is 1. The lowest BCUT2D eigenvalue weighted by atomic mass is 10.1. The summed E-state index contributed by atoms with van der Waals surface area (Å²) in [6.07, 6.45) is 25.3. The first-order valence-corrected chi connectivity index (χ1v) is 6.29. The van der Waals surface area contributed by atoms with Gasteiger partial charge in [-0.05, 0) is 12.2 Å². The van der Waals surface area contributed by atoms with Gasteiger partial charge in [-0.1, -0.05) is 48.6 Å². The zero-order valence-corrected chi connectivity index (χ0v) is 11.0. The highest BCUT2D eigenvalue weighted by Gasteiger charge is 2.02. The Morgan fingerprint density at radius 2 is 1.50 bits per heavy atom. The molecule has 2 rings (SSSR count). The van der Waals surface area contributed by atoms with Crippen LogP contribution in [0.5, 0.6) is 0 Å². The molecule has 0 amide bonds. The molecule has 1 aliphatic heterocycles. The zero-order chi connectivity index (χ0) is 13.9. The van der Waals surface area contributed by atoms with Gasteiger partial charge in [-0.2, -0.15) is 0 Å². The average Bonchev–Trinajstić information content (AvgIpc) is 2.54. The van der Waals surface area contributed by atoms with Gasteiger partial charge in [0.1, 0.15) is 37.4 Å². The first-order valence-electron chi connectivity index (χ1n) is 6.29. The van der Waals surface area contributed by atoms with Crippen LogP contribution in [0.25, 0.3) is 0 Å². The third kappa shape index (κ3) is 4.90. The van der Waals surface area contributed by atoms with Crippen molar-refractivity contribution in [1.82, 2.24) is 0 Å². The molecule has 102 valence electrons. The fraction of sp³-hybridized carbons (Fsp3) is 0.0588. The van der Waals surface area contributed by atoms with E-state index in [9.17, 15) is 0 Å². The normalized spacial score (nSPS) is 18.4. The van der Waals surface area contributed by atoms with Crippen molar-refractivity contribution in [2.24, 2.45) is 0 Å². The second kappa shape index (κ2) is 8.43. The van der Waals surface area contributed by atoms with E-state index >= 15 is 0 Å². The SMILES string of the molecule is C1=CC=CC=C2OC=COC=COCC=C2C=CC=C1. The largest absolute Gasteiger partial charge is 0.494 e. The van der Waals surface area contributed by atoms with Crippen molar-refractivity contribution in [2.45, 2.75) is 0 Å². The van der Waals surface area contributed by atoms with Crippen molar-refractivity contribution in [1.29, 1.82) is 0 Å². The molecule has 0 aromatic heterocycles. The summed E-state index contributed by atoms with van der Waals surface area (Å²) >= 11 is 0. The molecule has 0 saturated carbocycles. The summed E-state index contributed by atoms with van der Waals surface area (Å²) in [6.45, 7) is 0.436. The lowest BCUT2D eigenvalue weighted by Crippen LogP contribution is -1.92. The minimum atomic E-state index is 0.436. The second-order valence-electron chi connectivity index (χ2n) is 3.84. The minimum Gasteiger partial charge on any atom is -0.494 e. The van der Waals surface area contributed by atoms with E-state index in [0.29, 0.717) is 12.4 Å². The smallest absolute Gasteiger partial charge is 0.133 e. The third-order valence-corrected chi connectivity index (χ3v) is 2.43. The summed E-state index contributed by atoms with van der Waals surface area (Å²) in [5, 5.41) is 0. The number of ether oxygens (including phenoxy) is 3. The van der Waals surface area contributed by atoms with Crippen LogP contribution in [0, 0.1) is 0 Å². The van der Waals surface area contributed by atoms with E-state index in [1.54, 1.807) is 0 Å². The van der Waals surface area contributed by atoms with E-state index in [1.165, 1.54) is 25.0 Å². The quantitative estimate of drug-likeness (QED) is 0.663. The monoisotopic (exact) mass is 268 g/mol. The molecule has 0 aromatic rings. The molecule has 0 fully saturated rings. The van der Waals surface area contributed by atoms with Crippen LogP contribution in [0.2, 0.25) is 0 Å². The van der Waals surface area contributed by atoms with Gasteiger partial charge < -0.3 is 14.2 Å². The maximum Gasteiger partial charge on any atom is 0.133 e. The molecule has 2 aliphatic rings. The van der Waals surface area contributed by atoms with Gasteiger partial charge in [-0.25, -0.2) is 0 Å². The molecule has 1 aliphatic carbocycles. The van der Waals surface area contributed by atoms with Crippen molar-refractivity contribution in [3.8, 4) is 0 Å². The number of hydrogen-bond acceptors (Lipinski definition) is 3. The van der Waals surface area contributed by atoms with Gasteiger partial charge in [0.2, 0.25) is 0 Å². The molecule has 0 radical (unpaired) electrons. The number of rotatable bonds is 0. The Balaban J connectivity index is 2.31. The van der Waals surface area contributed by atoms with Crippen LogP contribution in [-0.2, 0) is 14.2 Å². The van der Waals surface area contributed by atoms with Crippen molar-refractivity contribution in [3.05, 3.63) is 97.1 Å². The summed E-state index contributed by atoms with van der Waals surface area (Å²) in [4.78, 5) is 0. The van der Waals surface area contributed by atoms with Crippen LogP contribution in [0.15, 0.2) is 97.1 Å². The lowest BCUT2D eigenvalue weighted by molar-refractivity contribution is 0.267. The number of hydrogen-bond donors (Lipinski definition) is 0. The summed E-state index contributed by atoms with van der Waals surface area (Å²) in [5.74, 6) is 0.714. The van der Waals surface area contributed by atoms with Gasteiger partial charge in [0.25, 0.3) is 0 Å². The Morgan fingerprint density at radius 1 is 0.750 bits per heavy atom. The Kier molecular flexibility index (Phi) is 5.79. The van der Waals surface area contributed by atoms with Crippen LogP contribution in [-0.4, -0.2) is 6.61 Å². The molecule has 0 bridgehead atoms. The fourth-order valence-electron chi connectivity index (χ4n) is 1.52. The molecule has 0 aromatic carbocycles. The van der Waals surface area contributed by atoms with Crippen molar-refractivity contribution < 1.29 is 14.2 Å². The first kappa shape index (κ1) is 13.7. The van der Waals surface area contributed by atoms with Gasteiger partial charge in [0.15, 0.2) is 0 Å². The molecule has 3 heteroatoms. The predicted octanol–water partition coefficient (Wildman–Crippen LogP) is 4.04. The second-order valence-corrected chi connectivity index (χ2v) is 3.84. The standard InChI is InChI=1S/C17H16O3/c1-2-4-6-8-16-10-11-18-12-13-19-14-15-20-17(16)9-7-5-3-1/h1-10,12-15H,11H2. The first-order chi connectivity index (χ1) is 9.97. The van der Waals surface area contributed by atoms with Crippen molar-refractivity contribution in [2.75, 3.05) is 6.61 Å². The third-order valence-electron chi connectivity index (χ3n) is 2.43. The molecule has 0 N–H and O–H groups in total. The van der Waals surface area contributed by atoms with Crippen LogP contribution < -0.4 is 0 Å². The molecule has 0 unspecified atom stereocenters. The van der Waals surface area contributed by atoms with Crippen molar-refractivity contribution >= 4 is 0 Å². The Bertz CT molecular complexity index is 541. The molecular weight excluding hydrogens is 252 g/mol. The van der Waals surface area contributed by atoms with E-state index in [2.05, 4.69) is 0 Å². The summed E-state index contributed by atoms with van der Waals surface area (Å²) in [7, 11) is 0. The van der Waals surface area contributed by atoms with Crippen LogP contribution in [0.1, 0.15) is 0 Å². The van der Waals surface area contributed by atoms with Gasteiger partial charge in [0.05, 0.1) is 0 Å². The molecule has 20 heavy (non-hydrogen) atoms. The highest BCUT2D eigenvalue weighted by atomic mass is 16.5. The molecule has 0 saturated heterocycles. The van der Waals surface area contributed by atoms with E-state index in [4.69, 9.17) is 14.2 Å². The molecule has 0 spiro atoms. The maximum atomic E-state index is 5.60. The highest BCUT2D eigenvalue weighted by Crippen LogP contribution is 2.15. The molecule has 3 nitrogen and oxygen atoms in total. The lowest BCUT2D eigenvalue weighted by Gasteiger charge is -2.07. The Labute approximate surface area is 118 Å². The molecule has 0 atom stereocenters. The van der Waals surface area contributed by atoms with Crippen LogP contribution >= 0.6 is 0 Å². The fourth-order valence-corrected chi connectivity index (χ4v) is 1.52. The molecule has 1 heterocycles.